The summed E-state index contributed by atoms with van der Waals surface area (Å²) in [6.45, 7) is 6.39. The number of hydrogen-bond acceptors (Lipinski definition) is 6. The molecular formula is C12H22ClN5O. The van der Waals surface area contributed by atoms with Crippen molar-refractivity contribution in [3.05, 3.63) is 5.28 Å². The third-order valence-electron chi connectivity index (χ3n) is 2.76. The van der Waals surface area contributed by atoms with Gasteiger partial charge in [-0.1, -0.05) is 20.8 Å². The van der Waals surface area contributed by atoms with E-state index in [4.69, 9.17) is 16.7 Å². The van der Waals surface area contributed by atoms with Crippen LogP contribution in [0.5, 0.6) is 0 Å². The number of aromatic nitrogens is 3. The van der Waals surface area contributed by atoms with Gasteiger partial charge in [-0.15, -0.1) is 0 Å². The molecule has 1 aromatic rings. The van der Waals surface area contributed by atoms with Crippen LogP contribution >= 0.6 is 11.6 Å². The van der Waals surface area contributed by atoms with Gasteiger partial charge in [0.05, 0.1) is 0 Å². The molecule has 19 heavy (non-hydrogen) atoms. The highest BCUT2D eigenvalue weighted by Gasteiger charge is 2.25. The normalized spacial score (nSPS) is 13.2. The zero-order valence-electron chi connectivity index (χ0n) is 12.1. The summed E-state index contributed by atoms with van der Waals surface area (Å²) in [6, 6.07) is 0.0472. The van der Waals surface area contributed by atoms with E-state index in [2.05, 4.69) is 41.0 Å². The second-order valence-electron chi connectivity index (χ2n) is 5.70. The minimum atomic E-state index is -0.0277. The average molecular weight is 288 g/mol. The number of nitrogens with one attached hydrogen (secondary N) is 1. The van der Waals surface area contributed by atoms with E-state index < -0.39 is 0 Å². The number of nitrogens with zero attached hydrogens (tertiary/aromatic N) is 4. The van der Waals surface area contributed by atoms with Gasteiger partial charge in [0, 0.05) is 26.7 Å². The molecule has 0 fully saturated rings. The highest BCUT2D eigenvalue weighted by atomic mass is 35.5. The van der Waals surface area contributed by atoms with Crippen molar-refractivity contribution < 1.29 is 5.11 Å². The molecule has 0 aliphatic rings. The third kappa shape index (κ3) is 4.80. The molecule has 1 unspecified atom stereocenters. The Bertz CT molecular complexity index is 419. The van der Waals surface area contributed by atoms with E-state index in [1.54, 1.807) is 4.90 Å². The molecule has 7 heteroatoms. The summed E-state index contributed by atoms with van der Waals surface area (Å²) in [5.41, 5.74) is -0.0277. The van der Waals surface area contributed by atoms with Gasteiger partial charge in [-0.2, -0.15) is 15.0 Å². The van der Waals surface area contributed by atoms with Gasteiger partial charge in [0.2, 0.25) is 17.2 Å². The van der Waals surface area contributed by atoms with Crippen molar-refractivity contribution in [3.8, 4) is 0 Å². The standard InChI is InChI=1S/C12H22ClN5O/c1-12(2,3)8(6-7-19)14-10-15-9(13)16-11(17-10)18(4)5/h8,19H,6-7H2,1-5H3,(H,14,15,16,17). The van der Waals surface area contributed by atoms with Crippen LogP contribution in [-0.2, 0) is 0 Å². The molecule has 1 rings (SSSR count). The second-order valence-corrected chi connectivity index (χ2v) is 6.04. The smallest absolute Gasteiger partial charge is 0.230 e. The number of hydrogen-bond donors (Lipinski definition) is 2. The van der Waals surface area contributed by atoms with E-state index in [9.17, 15) is 0 Å². The Morgan fingerprint density at radius 2 is 1.89 bits per heavy atom. The molecule has 108 valence electrons. The fourth-order valence-corrected chi connectivity index (χ4v) is 1.77. The zero-order chi connectivity index (χ0) is 14.6. The van der Waals surface area contributed by atoms with Crippen LogP contribution in [0.2, 0.25) is 5.28 Å². The van der Waals surface area contributed by atoms with E-state index in [1.807, 2.05) is 14.1 Å². The molecule has 0 bridgehead atoms. The van der Waals surface area contributed by atoms with Gasteiger partial charge in [-0.3, -0.25) is 0 Å². The fraction of sp³-hybridized carbons (Fsp3) is 0.750. The van der Waals surface area contributed by atoms with E-state index in [1.165, 1.54) is 0 Å². The van der Waals surface area contributed by atoms with Gasteiger partial charge in [-0.05, 0) is 23.4 Å². The number of rotatable bonds is 5. The van der Waals surface area contributed by atoms with E-state index in [-0.39, 0.29) is 23.3 Å². The molecule has 0 amide bonds. The van der Waals surface area contributed by atoms with E-state index in [0.717, 1.165) is 0 Å². The summed E-state index contributed by atoms with van der Waals surface area (Å²) in [5, 5.41) is 12.5. The minimum Gasteiger partial charge on any atom is -0.396 e. The van der Waals surface area contributed by atoms with Crippen LogP contribution in [-0.4, -0.2) is 46.8 Å². The van der Waals surface area contributed by atoms with Crippen molar-refractivity contribution in [1.29, 1.82) is 0 Å². The molecule has 0 radical (unpaired) electrons. The van der Waals surface area contributed by atoms with Crippen molar-refractivity contribution in [2.75, 3.05) is 30.9 Å². The summed E-state index contributed by atoms with van der Waals surface area (Å²) in [7, 11) is 3.68. The van der Waals surface area contributed by atoms with Crippen molar-refractivity contribution >= 4 is 23.5 Å². The molecular weight excluding hydrogens is 266 g/mol. The topological polar surface area (TPSA) is 74.2 Å². The van der Waals surface area contributed by atoms with Crippen molar-refractivity contribution in [2.45, 2.75) is 33.2 Å². The van der Waals surface area contributed by atoms with E-state index in [0.29, 0.717) is 18.3 Å². The third-order valence-corrected chi connectivity index (χ3v) is 2.93. The van der Waals surface area contributed by atoms with Crippen LogP contribution in [0.25, 0.3) is 0 Å². The van der Waals surface area contributed by atoms with Gasteiger partial charge < -0.3 is 15.3 Å². The van der Waals surface area contributed by atoms with Gasteiger partial charge in [-0.25, -0.2) is 0 Å². The Balaban J connectivity index is 2.96. The van der Waals surface area contributed by atoms with Crippen LogP contribution < -0.4 is 10.2 Å². The van der Waals surface area contributed by atoms with Crippen molar-refractivity contribution in [1.82, 2.24) is 15.0 Å². The Morgan fingerprint density at radius 3 is 2.37 bits per heavy atom. The minimum absolute atomic E-state index is 0.0277. The molecule has 0 aromatic carbocycles. The van der Waals surface area contributed by atoms with Gasteiger partial charge in [0.1, 0.15) is 0 Å². The quantitative estimate of drug-likeness (QED) is 0.860. The lowest BCUT2D eigenvalue weighted by molar-refractivity contribution is 0.235. The summed E-state index contributed by atoms with van der Waals surface area (Å²) >= 11 is 5.89. The summed E-state index contributed by atoms with van der Waals surface area (Å²) in [5.74, 6) is 0.927. The predicted molar refractivity (Wildman–Crippen MR) is 77.7 cm³/mol. The van der Waals surface area contributed by atoms with Crippen LogP contribution in [0.15, 0.2) is 0 Å². The molecule has 2 N–H and O–H groups in total. The van der Waals surface area contributed by atoms with Crippen LogP contribution in [0.3, 0.4) is 0 Å². The molecule has 0 aliphatic carbocycles. The first-order chi connectivity index (χ1) is 8.74. The first-order valence-electron chi connectivity index (χ1n) is 6.20. The van der Waals surface area contributed by atoms with Crippen molar-refractivity contribution in [2.24, 2.45) is 5.41 Å². The molecule has 1 aromatic heterocycles. The summed E-state index contributed by atoms with van der Waals surface area (Å²) in [6.07, 6.45) is 0.615. The highest BCUT2D eigenvalue weighted by molar-refractivity contribution is 6.28. The predicted octanol–water partition coefficient (Wildman–Crippen LogP) is 1.80. The van der Waals surface area contributed by atoms with Gasteiger partial charge >= 0.3 is 0 Å². The van der Waals surface area contributed by atoms with Crippen molar-refractivity contribution in [3.63, 3.8) is 0 Å². The second kappa shape index (κ2) is 6.34. The largest absolute Gasteiger partial charge is 0.396 e. The number of aliphatic hydroxyl groups is 1. The maximum Gasteiger partial charge on any atom is 0.230 e. The van der Waals surface area contributed by atoms with Crippen LogP contribution in [0, 0.1) is 5.41 Å². The Morgan fingerprint density at radius 1 is 1.26 bits per heavy atom. The zero-order valence-corrected chi connectivity index (χ0v) is 12.9. The number of anilines is 2. The number of halogens is 1. The summed E-state index contributed by atoms with van der Waals surface area (Å²) < 4.78 is 0. The highest BCUT2D eigenvalue weighted by Crippen LogP contribution is 2.25. The Kier molecular flexibility index (Phi) is 5.31. The lowest BCUT2D eigenvalue weighted by Crippen LogP contribution is -2.35. The molecule has 6 nitrogen and oxygen atoms in total. The lowest BCUT2D eigenvalue weighted by atomic mass is 9.85. The number of aliphatic hydroxyl groups excluding tert-OH is 1. The Labute approximate surface area is 119 Å². The lowest BCUT2D eigenvalue weighted by Gasteiger charge is -2.31. The average Bonchev–Trinajstić information content (AvgIpc) is 2.26. The van der Waals surface area contributed by atoms with Crippen LogP contribution in [0.1, 0.15) is 27.2 Å². The van der Waals surface area contributed by atoms with Gasteiger partial charge in [0.25, 0.3) is 0 Å². The van der Waals surface area contributed by atoms with E-state index >= 15 is 0 Å². The molecule has 0 saturated heterocycles. The molecule has 0 aliphatic heterocycles. The maximum absolute atomic E-state index is 9.15. The van der Waals surface area contributed by atoms with Gasteiger partial charge in [0.15, 0.2) is 0 Å². The summed E-state index contributed by atoms with van der Waals surface area (Å²) in [4.78, 5) is 14.2. The molecule has 0 spiro atoms. The molecule has 1 atom stereocenters. The maximum atomic E-state index is 9.15. The Hall–Kier alpha value is -1.14. The molecule has 1 heterocycles. The monoisotopic (exact) mass is 287 g/mol. The molecule has 0 saturated carbocycles. The SMILES string of the molecule is CN(C)c1nc(Cl)nc(NC(CCO)C(C)(C)C)n1. The van der Waals surface area contributed by atoms with Crippen LogP contribution in [0.4, 0.5) is 11.9 Å². The fourth-order valence-electron chi connectivity index (χ4n) is 1.61. The first-order valence-corrected chi connectivity index (χ1v) is 6.58. The first kappa shape index (κ1) is 15.9.